The molecule has 2 aromatic rings. The quantitative estimate of drug-likeness (QED) is 0.775. The molecule has 3 rings (SSSR count). The monoisotopic (exact) mass is 353 g/mol. The number of nitrogens with zero attached hydrogens (tertiary/aromatic N) is 2. The Bertz CT molecular complexity index is 697. The predicted octanol–water partition coefficient (Wildman–Crippen LogP) is 2.18. The van der Waals surface area contributed by atoms with E-state index in [1.807, 2.05) is 29.2 Å². The molecule has 1 N–H and O–H groups in total. The molecule has 0 saturated carbocycles. The van der Waals surface area contributed by atoms with Crippen molar-refractivity contribution in [3.63, 3.8) is 0 Å². The SMILES string of the molecule is COc1ccccc1CCNCC(=O)N1CCN(c2ccccc2)CC1. The normalized spacial score (nSPS) is 14.3. The Morgan fingerprint density at radius 1 is 1.00 bits per heavy atom. The van der Waals surface area contributed by atoms with Gasteiger partial charge >= 0.3 is 0 Å². The second kappa shape index (κ2) is 9.25. The number of benzene rings is 2. The maximum Gasteiger partial charge on any atom is 0.236 e. The van der Waals surface area contributed by atoms with Crippen LogP contribution in [-0.2, 0) is 11.2 Å². The number of anilines is 1. The summed E-state index contributed by atoms with van der Waals surface area (Å²) in [6.07, 6.45) is 0.846. The average Bonchev–Trinajstić information content (AvgIpc) is 2.72. The van der Waals surface area contributed by atoms with E-state index in [0.29, 0.717) is 6.54 Å². The first-order valence-corrected chi connectivity index (χ1v) is 9.18. The van der Waals surface area contributed by atoms with Gasteiger partial charge in [0, 0.05) is 31.9 Å². The van der Waals surface area contributed by atoms with Gasteiger partial charge in [-0.25, -0.2) is 0 Å². The lowest BCUT2D eigenvalue weighted by Crippen LogP contribution is -2.51. The van der Waals surface area contributed by atoms with Gasteiger partial charge in [-0.1, -0.05) is 36.4 Å². The van der Waals surface area contributed by atoms with Crippen LogP contribution in [0.15, 0.2) is 54.6 Å². The zero-order chi connectivity index (χ0) is 18.2. The van der Waals surface area contributed by atoms with Crippen molar-refractivity contribution in [3.8, 4) is 5.75 Å². The standard InChI is InChI=1S/C21H27N3O2/c1-26-20-10-6-5-7-18(20)11-12-22-17-21(25)24-15-13-23(14-16-24)19-8-3-2-4-9-19/h2-10,22H,11-17H2,1H3. The third-order valence-electron chi connectivity index (χ3n) is 4.79. The molecular formula is C21H27N3O2. The Morgan fingerprint density at radius 3 is 2.42 bits per heavy atom. The Hall–Kier alpha value is -2.53. The van der Waals surface area contributed by atoms with Crippen LogP contribution in [-0.4, -0.2) is 57.2 Å². The van der Waals surface area contributed by atoms with E-state index in [9.17, 15) is 4.79 Å². The summed E-state index contributed by atoms with van der Waals surface area (Å²) in [5.74, 6) is 1.08. The number of nitrogens with one attached hydrogen (secondary N) is 1. The zero-order valence-electron chi connectivity index (χ0n) is 15.4. The van der Waals surface area contributed by atoms with Crippen molar-refractivity contribution in [1.82, 2.24) is 10.2 Å². The highest BCUT2D eigenvalue weighted by Crippen LogP contribution is 2.17. The van der Waals surface area contributed by atoms with Crippen LogP contribution in [0.1, 0.15) is 5.56 Å². The Kier molecular flexibility index (Phi) is 6.50. The minimum atomic E-state index is 0.178. The summed E-state index contributed by atoms with van der Waals surface area (Å²) in [6, 6.07) is 18.4. The predicted molar refractivity (Wildman–Crippen MR) is 105 cm³/mol. The van der Waals surface area contributed by atoms with Gasteiger partial charge in [0.05, 0.1) is 13.7 Å². The second-order valence-electron chi connectivity index (χ2n) is 6.44. The molecule has 0 atom stereocenters. The van der Waals surface area contributed by atoms with Gasteiger partial charge in [-0.05, 0) is 36.7 Å². The lowest BCUT2D eigenvalue weighted by Gasteiger charge is -2.36. The summed E-state index contributed by atoms with van der Waals surface area (Å²) in [7, 11) is 1.69. The van der Waals surface area contributed by atoms with Gasteiger partial charge in [-0.3, -0.25) is 4.79 Å². The van der Waals surface area contributed by atoms with E-state index in [2.05, 4.69) is 40.5 Å². The van der Waals surface area contributed by atoms with E-state index in [4.69, 9.17) is 4.74 Å². The van der Waals surface area contributed by atoms with Gasteiger partial charge in [0.25, 0.3) is 0 Å². The number of hydrogen-bond acceptors (Lipinski definition) is 4. The van der Waals surface area contributed by atoms with Gasteiger partial charge in [-0.2, -0.15) is 0 Å². The van der Waals surface area contributed by atoms with Gasteiger partial charge in [0.2, 0.25) is 5.91 Å². The van der Waals surface area contributed by atoms with Crippen LogP contribution in [0.4, 0.5) is 5.69 Å². The minimum absolute atomic E-state index is 0.178. The molecule has 138 valence electrons. The number of carbonyl (C=O) groups is 1. The van der Waals surface area contributed by atoms with Crippen LogP contribution in [0, 0.1) is 0 Å². The molecule has 5 nitrogen and oxygen atoms in total. The first-order chi connectivity index (χ1) is 12.8. The molecule has 1 aliphatic heterocycles. The first-order valence-electron chi connectivity index (χ1n) is 9.18. The molecule has 1 saturated heterocycles. The number of amides is 1. The van der Waals surface area contributed by atoms with Gasteiger partial charge in [0.1, 0.15) is 5.75 Å². The number of rotatable bonds is 7. The maximum atomic E-state index is 12.4. The van der Waals surface area contributed by atoms with Crippen molar-refractivity contribution in [1.29, 1.82) is 0 Å². The largest absolute Gasteiger partial charge is 0.496 e. The molecule has 2 aromatic carbocycles. The summed E-state index contributed by atoms with van der Waals surface area (Å²) < 4.78 is 5.36. The molecule has 0 unspecified atom stereocenters. The van der Waals surface area contributed by atoms with E-state index in [-0.39, 0.29) is 5.91 Å². The molecule has 0 aliphatic carbocycles. The van der Waals surface area contributed by atoms with Gasteiger partial charge < -0.3 is 19.9 Å². The highest BCUT2D eigenvalue weighted by Gasteiger charge is 2.20. The molecule has 26 heavy (non-hydrogen) atoms. The number of piperazine rings is 1. The van der Waals surface area contributed by atoms with Crippen LogP contribution < -0.4 is 15.0 Å². The highest BCUT2D eigenvalue weighted by molar-refractivity contribution is 5.78. The van der Waals surface area contributed by atoms with E-state index in [0.717, 1.165) is 50.5 Å². The van der Waals surface area contributed by atoms with Gasteiger partial charge in [0.15, 0.2) is 0 Å². The van der Waals surface area contributed by atoms with Crippen LogP contribution in [0.25, 0.3) is 0 Å². The fourth-order valence-electron chi connectivity index (χ4n) is 3.29. The second-order valence-corrected chi connectivity index (χ2v) is 6.44. The molecule has 5 heteroatoms. The van der Waals surface area contributed by atoms with E-state index < -0.39 is 0 Å². The van der Waals surface area contributed by atoms with Crippen molar-refractivity contribution < 1.29 is 9.53 Å². The summed E-state index contributed by atoms with van der Waals surface area (Å²) in [5.41, 5.74) is 2.39. The minimum Gasteiger partial charge on any atom is -0.496 e. The molecule has 1 heterocycles. The summed E-state index contributed by atoms with van der Waals surface area (Å²) in [4.78, 5) is 16.7. The third kappa shape index (κ3) is 4.76. The number of carbonyl (C=O) groups excluding carboxylic acids is 1. The van der Waals surface area contributed by atoms with Crippen LogP contribution in [0.5, 0.6) is 5.75 Å². The molecule has 0 aromatic heterocycles. The molecule has 0 spiro atoms. The molecule has 1 amide bonds. The van der Waals surface area contributed by atoms with Gasteiger partial charge in [-0.15, -0.1) is 0 Å². The zero-order valence-corrected chi connectivity index (χ0v) is 15.4. The lowest BCUT2D eigenvalue weighted by molar-refractivity contribution is -0.130. The maximum absolute atomic E-state index is 12.4. The molecular weight excluding hydrogens is 326 g/mol. The fraction of sp³-hybridized carbons (Fsp3) is 0.381. The van der Waals surface area contributed by atoms with Crippen LogP contribution in [0.3, 0.4) is 0 Å². The Labute approximate surface area is 155 Å². The Balaban J connectivity index is 1.38. The molecule has 0 bridgehead atoms. The first kappa shape index (κ1) is 18.3. The van der Waals surface area contributed by atoms with E-state index in [1.54, 1.807) is 7.11 Å². The van der Waals surface area contributed by atoms with Crippen molar-refractivity contribution in [3.05, 3.63) is 60.2 Å². The number of ether oxygens (including phenoxy) is 1. The molecule has 1 aliphatic rings. The summed E-state index contributed by atoms with van der Waals surface area (Å²) in [6.45, 7) is 4.48. The number of para-hydroxylation sites is 2. The van der Waals surface area contributed by atoms with Crippen LogP contribution in [0.2, 0.25) is 0 Å². The number of hydrogen-bond donors (Lipinski definition) is 1. The molecule has 0 radical (unpaired) electrons. The topological polar surface area (TPSA) is 44.8 Å². The van der Waals surface area contributed by atoms with Crippen molar-refractivity contribution >= 4 is 11.6 Å². The number of methoxy groups -OCH3 is 1. The summed E-state index contributed by atoms with van der Waals surface area (Å²) >= 11 is 0. The molecule has 1 fully saturated rings. The smallest absolute Gasteiger partial charge is 0.236 e. The third-order valence-corrected chi connectivity index (χ3v) is 4.79. The highest BCUT2D eigenvalue weighted by atomic mass is 16.5. The lowest BCUT2D eigenvalue weighted by atomic mass is 10.1. The average molecular weight is 353 g/mol. The van der Waals surface area contributed by atoms with E-state index >= 15 is 0 Å². The van der Waals surface area contributed by atoms with Crippen molar-refractivity contribution in [2.24, 2.45) is 0 Å². The van der Waals surface area contributed by atoms with Crippen molar-refractivity contribution in [2.45, 2.75) is 6.42 Å². The summed E-state index contributed by atoms with van der Waals surface area (Å²) in [5, 5.41) is 3.26. The Morgan fingerprint density at radius 2 is 1.69 bits per heavy atom. The fourth-order valence-corrected chi connectivity index (χ4v) is 3.29. The van der Waals surface area contributed by atoms with Crippen LogP contribution >= 0.6 is 0 Å². The van der Waals surface area contributed by atoms with E-state index in [1.165, 1.54) is 5.69 Å². The van der Waals surface area contributed by atoms with Crippen molar-refractivity contribution in [2.75, 3.05) is 51.3 Å².